The molecule has 0 amide bonds. The van der Waals surface area contributed by atoms with E-state index in [1.54, 1.807) is 0 Å². The molecule has 0 aliphatic carbocycles. The normalized spacial score (nSPS) is 12.9. The third-order valence-corrected chi connectivity index (χ3v) is 6.51. The summed E-state index contributed by atoms with van der Waals surface area (Å²) >= 11 is 0. The van der Waals surface area contributed by atoms with Gasteiger partial charge in [0.25, 0.3) is 8.53 Å². The number of hydroxylamine groups is 1. The molecule has 3 aromatic carbocycles. The van der Waals surface area contributed by atoms with Gasteiger partial charge in [-0.2, -0.15) is 0 Å². The summed E-state index contributed by atoms with van der Waals surface area (Å²) in [7, 11) is -0.958. The number of benzene rings is 3. The monoisotopic (exact) mass is 452 g/mol. The molecule has 0 spiro atoms. The third kappa shape index (κ3) is 5.62. The van der Waals surface area contributed by atoms with E-state index in [0.29, 0.717) is 6.42 Å². The fourth-order valence-corrected chi connectivity index (χ4v) is 4.78. The van der Waals surface area contributed by atoms with Crippen LogP contribution in [0, 0.1) is 0 Å². The summed E-state index contributed by atoms with van der Waals surface area (Å²) in [6.07, 6.45) is 3.35. The molecule has 3 N–H and O–H groups in total. The predicted octanol–water partition coefficient (Wildman–Crippen LogP) is 5.55. The third-order valence-electron chi connectivity index (χ3n) is 5.71. The molecule has 1 atom stereocenters. The number of unbranched alkanes of at least 4 members (excludes halogenated alkanes) is 2. The fraction of sp³-hybridized carbons (Fsp3) is 0.308. The first-order chi connectivity index (χ1) is 15.6. The minimum Gasteiger partial charge on any atom is -0.336 e. The molecule has 3 aromatic rings. The van der Waals surface area contributed by atoms with E-state index in [1.165, 1.54) is 11.9 Å². The van der Waals surface area contributed by atoms with E-state index in [9.17, 15) is 9.79 Å². The van der Waals surface area contributed by atoms with Gasteiger partial charge in [0, 0.05) is 0 Å². The van der Waals surface area contributed by atoms with Crippen molar-refractivity contribution >= 4 is 8.53 Å². The Bertz CT molecular complexity index is 813. The minimum atomic E-state index is -2.44. The Morgan fingerprint density at radius 2 is 1.25 bits per heavy atom. The van der Waals surface area contributed by atoms with Crippen molar-refractivity contribution in [2.24, 2.45) is 0 Å². The molecule has 0 aliphatic heterocycles. The maximum Gasteiger partial charge on any atom is 0.279 e. The number of nitrogens with zero attached hydrogens (tertiary/aromatic N) is 1. The largest absolute Gasteiger partial charge is 0.336 e. The van der Waals surface area contributed by atoms with Crippen LogP contribution in [-0.4, -0.2) is 27.9 Å². The van der Waals surface area contributed by atoms with E-state index in [1.807, 2.05) is 54.6 Å². The molecule has 6 heteroatoms. The van der Waals surface area contributed by atoms with Crippen LogP contribution in [0.5, 0.6) is 0 Å². The van der Waals surface area contributed by atoms with Crippen LogP contribution < -0.4 is 5.32 Å². The smallest absolute Gasteiger partial charge is 0.279 e. The quantitative estimate of drug-likeness (QED) is 0.111. The van der Waals surface area contributed by atoms with Gasteiger partial charge >= 0.3 is 0 Å². The minimum absolute atomic E-state index is 0.423. The highest BCUT2D eigenvalue weighted by molar-refractivity contribution is 7.42. The second-order valence-corrected chi connectivity index (χ2v) is 8.69. The second-order valence-electron chi connectivity index (χ2n) is 7.76. The Balaban J connectivity index is 2.20. The molecular weight excluding hydrogens is 419 g/mol. The Hall–Kier alpha value is -2.11. The molecule has 0 aromatic heterocycles. The lowest BCUT2D eigenvalue weighted by Gasteiger charge is -2.42. The van der Waals surface area contributed by atoms with Crippen LogP contribution in [0.15, 0.2) is 91.0 Å². The highest BCUT2D eigenvalue weighted by Crippen LogP contribution is 2.40. The second kappa shape index (κ2) is 12.2. The Kier molecular flexibility index (Phi) is 9.36. The maximum atomic E-state index is 10.1. The van der Waals surface area contributed by atoms with E-state index in [4.69, 9.17) is 4.84 Å². The summed E-state index contributed by atoms with van der Waals surface area (Å²) in [5.74, 6) is 0. The van der Waals surface area contributed by atoms with Crippen LogP contribution in [0.4, 0.5) is 0 Å². The summed E-state index contributed by atoms with van der Waals surface area (Å²) in [5.41, 5.74) is 2.47. The SMILES string of the molecule is CCCCCC(NC(c1ccccc1)(c1ccccc1)c1ccccc1)N(OC)P(O)O. The molecule has 0 heterocycles. The van der Waals surface area contributed by atoms with Gasteiger partial charge in [0.2, 0.25) is 0 Å². The van der Waals surface area contributed by atoms with Gasteiger partial charge in [0.1, 0.15) is 0 Å². The zero-order valence-electron chi connectivity index (χ0n) is 18.8. The van der Waals surface area contributed by atoms with Crippen molar-refractivity contribution in [3.63, 3.8) is 0 Å². The first-order valence-electron chi connectivity index (χ1n) is 11.1. The van der Waals surface area contributed by atoms with E-state index in [2.05, 4.69) is 48.6 Å². The van der Waals surface area contributed by atoms with Crippen molar-refractivity contribution in [3.8, 4) is 0 Å². The molecule has 32 heavy (non-hydrogen) atoms. The number of hydrogen-bond acceptors (Lipinski definition) is 5. The summed E-state index contributed by atoms with van der Waals surface area (Å²) in [5, 5.41) is 3.80. The zero-order chi connectivity index (χ0) is 22.8. The molecule has 1 unspecified atom stereocenters. The van der Waals surface area contributed by atoms with Gasteiger partial charge in [-0.25, -0.2) is 0 Å². The van der Waals surface area contributed by atoms with Gasteiger partial charge in [-0.3, -0.25) is 10.2 Å². The van der Waals surface area contributed by atoms with Gasteiger partial charge in [-0.1, -0.05) is 117 Å². The molecule has 0 radical (unpaired) electrons. The van der Waals surface area contributed by atoms with Crippen molar-refractivity contribution in [1.82, 2.24) is 10.2 Å². The molecule has 0 fully saturated rings. The molecule has 0 aliphatic rings. The fourth-order valence-electron chi connectivity index (χ4n) is 4.21. The molecule has 170 valence electrons. The zero-order valence-corrected chi connectivity index (χ0v) is 19.7. The molecule has 3 rings (SSSR count). The van der Waals surface area contributed by atoms with Crippen LogP contribution in [-0.2, 0) is 10.4 Å². The van der Waals surface area contributed by atoms with Crippen LogP contribution in [0.2, 0.25) is 0 Å². The van der Waals surface area contributed by atoms with Crippen LogP contribution in [0.3, 0.4) is 0 Å². The molecular formula is C26H33N2O3P. The standard InChI is InChI=1S/C26H33N2O3P/c1-3-4-8-21-25(28(31-2)32(29)30)27-26(22-15-9-5-10-16-22,23-17-11-6-12-18-23)24-19-13-7-14-20-24/h5-7,9-20,25,27,29-30H,3-4,8,21H2,1-2H3. The molecule has 0 bridgehead atoms. The summed E-state index contributed by atoms with van der Waals surface area (Å²) in [6, 6.07) is 30.8. The van der Waals surface area contributed by atoms with Crippen LogP contribution in [0.25, 0.3) is 0 Å². The van der Waals surface area contributed by atoms with E-state index in [-0.39, 0.29) is 0 Å². The lowest BCUT2D eigenvalue weighted by atomic mass is 9.76. The Labute approximate surface area is 192 Å². The Morgan fingerprint density at radius 1 is 0.812 bits per heavy atom. The maximum absolute atomic E-state index is 10.1. The summed E-state index contributed by atoms with van der Waals surface area (Å²) < 4.78 is 0. The van der Waals surface area contributed by atoms with E-state index >= 15 is 0 Å². The van der Waals surface area contributed by atoms with Crippen molar-refractivity contribution in [2.75, 3.05) is 7.11 Å². The molecule has 0 saturated carbocycles. The highest BCUT2D eigenvalue weighted by Gasteiger charge is 2.40. The molecule has 5 nitrogen and oxygen atoms in total. The van der Waals surface area contributed by atoms with Crippen molar-refractivity contribution in [2.45, 2.75) is 44.3 Å². The highest BCUT2D eigenvalue weighted by atomic mass is 31.2. The van der Waals surface area contributed by atoms with E-state index < -0.39 is 20.2 Å². The van der Waals surface area contributed by atoms with Crippen molar-refractivity contribution in [1.29, 1.82) is 0 Å². The van der Waals surface area contributed by atoms with Crippen LogP contribution in [0.1, 0.15) is 49.3 Å². The Morgan fingerprint density at radius 3 is 1.59 bits per heavy atom. The lowest BCUT2D eigenvalue weighted by Crippen LogP contribution is -2.54. The topological polar surface area (TPSA) is 65.0 Å². The van der Waals surface area contributed by atoms with Crippen molar-refractivity contribution in [3.05, 3.63) is 108 Å². The summed E-state index contributed by atoms with van der Waals surface area (Å²) in [4.78, 5) is 27.0. The van der Waals surface area contributed by atoms with Gasteiger partial charge < -0.3 is 9.79 Å². The summed E-state index contributed by atoms with van der Waals surface area (Å²) in [6.45, 7) is 2.16. The van der Waals surface area contributed by atoms with Gasteiger partial charge in [0.15, 0.2) is 0 Å². The van der Waals surface area contributed by atoms with Gasteiger partial charge in [0.05, 0.1) is 18.8 Å². The van der Waals surface area contributed by atoms with E-state index in [0.717, 1.165) is 36.0 Å². The lowest BCUT2D eigenvalue weighted by molar-refractivity contribution is -0.108. The van der Waals surface area contributed by atoms with Gasteiger partial charge in [-0.05, 0) is 23.1 Å². The number of nitrogens with one attached hydrogen (secondary N) is 1. The number of hydrogen-bond donors (Lipinski definition) is 3. The number of rotatable bonds is 12. The first-order valence-corrected chi connectivity index (χ1v) is 12.3. The first kappa shape index (κ1) is 24.5. The molecule has 0 saturated heterocycles. The average Bonchev–Trinajstić information content (AvgIpc) is 2.84. The van der Waals surface area contributed by atoms with Crippen LogP contribution >= 0.6 is 8.53 Å². The van der Waals surface area contributed by atoms with Gasteiger partial charge in [-0.15, -0.1) is 4.83 Å². The average molecular weight is 453 g/mol. The predicted molar refractivity (Wildman–Crippen MR) is 130 cm³/mol. The van der Waals surface area contributed by atoms with Crippen molar-refractivity contribution < 1.29 is 14.6 Å².